The number of nitrogens with two attached hydrogens (primary N) is 1. The number of hydrogen-bond acceptors (Lipinski definition) is 5. The van der Waals surface area contributed by atoms with Gasteiger partial charge in [-0.25, -0.2) is 18.5 Å². The molecule has 116 valence electrons. The second-order valence-electron chi connectivity index (χ2n) is 5.92. The van der Waals surface area contributed by atoms with Gasteiger partial charge < -0.3 is 10.2 Å². The summed E-state index contributed by atoms with van der Waals surface area (Å²) in [5.74, 6) is 1.59. The zero-order valence-electron chi connectivity index (χ0n) is 12.0. The van der Waals surface area contributed by atoms with Gasteiger partial charge in [-0.15, -0.1) is 0 Å². The minimum atomic E-state index is -3.66. The van der Waals surface area contributed by atoms with E-state index < -0.39 is 10.0 Å². The first-order chi connectivity index (χ1) is 10.0. The Morgan fingerprint density at radius 1 is 1.24 bits per heavy atom. The lowest BCUT2D eigenvalue weighted by molar-refractivity contribution is 0.318. The lowest BCUT2D eigenvalue weighted by Gasteiger charge is -2.35. The Balaban J connectivity index is 1.61. The largest absolute Gasteiger partial charge is 0.357 e. The number of aromatic nitrogens is 1. The van der Waals surface area contributed by atoms with Crippen LogP contribution in [0.15, 0.2) is 23.2 Å². The number of hydrogen-bond donors (Lipinski definition) is 2. The Hall–Kier alpha value is -1.18. The molecule has 0 aromatic carbocycles. The molecule has 1 unspecified atom stereocenters. The van der Waals surface area contributed by atoms with Gasteiger partial charge in [0, 0.05) is 25.3 Å². The lowest BCUT2D eigenvalue weighted by Crippen LogP contribution is -2.41. The van der Waals surface area contributed by atoms with Crippen molar-refractivity contribution < 1.29 is 8.42 Å². The molecule has 0 spiro atoms. The zero-order valence-corrected chi connectivity index (χ0v) is 12.8. The molecule has 21 heavy (non-hydrogen) atoms. The molecule has 7 heteroatoms. The molecule has 3 rings (SSSR count). The smallest absolute Gasteiger partial charge is 0.239 e. The summed E-state index contributed by atoms with van der Waals surface area (Å²) in [6.07, 6.45) is 6.26. The first-order valence-corrected chi connectivity index (χ1v) is 9.06. The molecule has 6 nitrogen and oxygen atoms in total. The minimum absolute atomic E-state index is 0.0660. The summed E-state index contributed by atoms with van der Waals surface area (Å²) in [6.45, 7) is 3.11. The van der Waals surface area contributed by atoms with Crippen molar-refractivity contribution in [2.75, 3.05) is 24.5 Å². The number of nitrogens with one attached hydrogen (secondary N) is 1. The monoisotopic (exact) mass is 310 g/mol. The number of anilines is 1. The number of primary sulfonamides is 1. The highest BCUT2D eigenvalue weighted by atomic mass is 32.2. The number of sulfonamides is 1. The number of rotatable bonds is 3. The average Bonchev–Trinajstić information content (AvgIpc) is 3.01. The maximum atomic E-state index is 11.2. The van der Waals surface area contributed by atoms with Crippen molar-refractivity contribution in [3.8, 4) is 0 Å². The lowest BCUT2D eigenvalue weighted by atomic mass is 9.88. The molecule has 1 aromatic heterocycles. The standard InChI is InChI=1S/C14H22N4O2S/c15-21(19,20)12-3-4-14(17-10-12)18-8-5-11(6-9-18)13-2-1-7-16-13/h3-4,10-11,13,16H,1-2,5-9H2,(H2,15,19,20). The Kier molecular flexibility index (Phi) is 4.14. The second kappa shape index (κ2) is 5.90. The number of piperidine rings is 1. The van der Waals surface area contributed by atoms with Gasteiger partial charge in [-0.3, -0.25) is 0 Å². The highest BCUT2D eigenvalue weighted by Gasteiger charge is 2.28. The van der Waals surface area contributed by atoms with Crippen LogP contribution in [-0.4, -0.2) is 39.1 Å². The molecule has 2 aliphatic heterocycles. The molecule has 3 heterocycles. The van der Waals surface area contributed by atoms with E-state index in [2.05, 4.69) is 15.2 Å². The molecule has 0 bridgehead atoms. The van der Waals surface area contributed by atoms with Gasteiger partial charge in [-0.2, -0.15) is 0 Å². The van der Waals surface area contributed by atoms with Crippen molar-refractivity contribution >= 4 is 15.8 Å². The summed E-state index contributed by atoms with van der Waals surface area (Å²) in [4.78, 5) is 6.53. The van der Waals surface area contributed by atoms with Crippen molar-refractivity contribution in [2.24, 2.45) is 11.1 Å². The average molecular weight is 310 g/mol. The third-order valence-electron chi connectivity index (χ3n) is 4.58. The van der Waals surface area contributed by atoms with Crippen LogP contribution in [0.3, 0.4) is 0 Å². The number of nitrogens with zero attached hydrogens (tertiary/aromatic N) is 2. The third kappa shape index (κ3) is 3.36. The Labute approximate surface area is 125 Å². The van der Waals surface area contributed by atoms with E-state index in [0.29, 0.717) is 6.04 Å². The first-order valence-electron chi connectivity index (χ1n) is 7.51. The Bertz CT molecular complexity index is 573. The van der Waals surface area contributed by atoms with Crippen LogP contribution in [0.5, 0.6) is 0 Å². The van der Waals surface area contributed by atoms with E-state index >= 15 is 0 Å². The second-order valence-corrected chi connectivity index (χ2v) is 7.49. The van der Waals surface area contributed by atoms with E-state index in [1.165, 1.54) is 25.1 Å². The van der Waals surface area contributed by atoms with Gasteiger partial charge in [0.25, 0.3) is 0 Å². The fourth-order valence-electron chi connectivity index (χ4n) is 3.37. The minimum Gasteiger partial charge on any atom is -0.357 e. The van der Waals surface area contributed by atoms with E-state index in [1.807, 2.05) is 0 Å². The molecule has 0 saturated carbocycles. The molecule has 0 radical (unpaired) electrons. The van der Waals surface area contributed by atoms with Crippen molar-refractivity contribution in [1.82, 2.24) is 10.3 Å². The van der Waals surface area contributed by atoms with E-state index in [9.17, 15) is 8.42 Å². The van der Waals surface area contributed by atoms with Crippen molar-refractivity contribution in [3.63, 3.8) is 0 Å². The van der Waals surface area contributed by atoms with Gasteiger partial charge in [0.2, 0.25) is 10.0 Å². The van der Waals surface area contributed by atoms with Gasteiger partial charge in [-0.1, -0.05) is 0 Å². The van der Waals surface area contributed by atoms with E-state index in [1.54, 1.807) is 6.07 Å². The third-order valence-corrected chi connectivity index (χ3v) is 5.48. The van der Waals surface area contributed by atoms with Crippen LogP contribution in [0, 0.1) is 5.92 Å². The molecule has 2 aliphatic rings. The van der Waals surface area contributed by atoms with Crippen LogP contribution in [0.25, 0.3) is 0 Å². The molecule has 0 amide bonds. The van der Waals surface area contributed by atoms with Crippen LogP contribution < -0.4 is 15.4 Å². The predicted octanol–water partition coefficient (Wildman–Crippen LogP) is 0.697. The van der Waals surface area contributed by atoms with Crippen LogP contribution in [0.2, 0.25) is 0 Å². The zero-order chi connectivity index (χ0) is 14.9. The Morgan fingerprint density at radius 3 is 2.52 bits per heavy atom. The van der Waals surface area contributed by atoms with E-state index in [-0.39, 0.29) is 4.90 Å². The molecule has 0 aliphatic carbocycles. The molecule has 2 fully saturated rings. The van der Waals surface area contributed by atoms with Crippen molar-refractivity contribution in [3.05, 3.63) is 18.3 Å². The summed E-state index contributed by atoms with van der Waals surface area (Å²) in [5, 5.41) is 8.68. The van der Waals surface area contributed by atoms with Gasteiger partial charge in [0.05, 0.1) is 0 Å². The highest BCUT2D eigenvalue weighted by Crippen LogP contribution is 2.27. The molecular weight excluding hydrogens is 288 g/mol. The number of pyridine rings is 1. The van der Waals surface area contributed by atoms with Crippen LogP contribution in [0.4, 0.5) is 5.82 Å². The molecule has 2 saturated heterocycles. The summed E-state index contributed by atoms with van der Waals surface area (Å²) < 4.78 is 22.5. The van der Waals surface area contributed by atoms with E-state index in [0.717, 1.165) is 44.2 Å². The summed E-state index contributed by atoms with van der Waals surface area (Å²) in [6, 6.07) is 3.96. The molecule has 3 N–H and O–H groups in total. The van der Waals surface area contributed by atoms with Crippen LogP contribution in [0.1, 0.15) is 25.7 Å². The van der Waals surface area contributed by atoms with Crippen molar-refractivity contribution in [1.29, 1.82) is 0 Å². The van der Waals surface area contributed by atoms with Gasteiger partial charge in [-0.05, 0) is 50.3 Å². The fraction of sp³-hybridized carbons (Fsp3) is 0.643. The summed E-state index contributed by atoms with van der Waals surface area (Å²) in [5.41, 5.74) is 0. The SMILES string of the molecule is NS(=O)(=O)c1ccc(N2CCC(C3CCCN3)CC2)nc1. The van der Waals surface area contributed by atoms with Crippen molar-refractivity contribution in [2.45, 2.75) is 36.6 Å². The highest BCUT2D eigenvalue weighted by molar-refractivity contribution is 7.89. The van der Waals surface area contributed by atoms with Gasteiger partial charge >= 0.3 is 0 Å². The quantitative estimate of drug-likeness (QED) is 0.858. The van der Waals surface area contributed by atoms with Gasteiger partial charge in [0.15, 0.2) is 0 Å². The van der Waals surface area contributed by atoms with Gasteiger partial charge in [0.1, 0.15) is 10.7 Å². The van der Waals surface area contributed by atoms with E-state index in [4.69, 9.17) is 5.14 Å². The summed E-state index contributed by atoms with van der Waals surface area (Å²) >= 11 is 0. The van der Waals surface area contributed by atoms with Crippen LogP contribution in [-0.2, 0) is 10.0 Å². The maximum absolute atomic E-state index is 11.2. The molecule has 1 aromatic rings. The summed E-state index contributed by atoms with van der Waals surface area (Å²) in [7, 11) is -3.66. The fourth-order valence-corrected chi connectivity index (χ4v) is 3.83. The Morgan fingerprint density at radius 2 is 2.00 bits per heavy atom. The molecule has 1 atom stereocenters. The topological polar surface area (TPSA) is 88.3 Å². The maximum Gasteiger partial charge on any atom is 0.239 e. The first kappa shape index (κ1) is 14.7. The predicted molar refractivity (Wildman–Crippen MR) is 81.6 cm³/mol. The normalized spacial score (nSPS) is 24.4. The van der Waals surface area contributed by atoms with Crippen LogP contribution >= 0.6 is 0 Å². The molecular formula is C14H22N4O2S.